The maximum atomic E-state index is 13.1. The van der Waals surface area contributed by atoms with Crippen molar-refractivity contribution in [2.24, 2.45) is 5.10 Å². The molecule has 0 atom stereocenters. The predicted octanol–water partition coefficient (Wildman–Crippen LogP) is 5.19. The van der Waals surface area contributed by atoms with E-state index in [9.17, 15) is 8.42 Å². The van der Waals surface area contributed by atoms with Gasteiger partial charge in [-0.3, -0.25) is 4.98 Å². The van der Waals surface area contributed by atoms with Gasteiger partial charge in [0.1, 0.15) is 0 Å². The van der Waals surface area contributed by atoms with Gasteiger partial charge in [0.05, 0.1) is 11.1 Å². The fourth-order valence-corrected chi connectivity index (χ4v) is 4.36. The SMILES string of the molecule is CC(C)c1cc(C(C)C)c(S(=O)(=O)N/N=C/c2ccncc2)c(C(C)C)c1.Cl. The first-order valence-corrected chi connectivity index (χ1v) is 10.7. The van der Waals surface area contributed by atoms with Crippen molar-refractivity contribution in [1.82, 2.24) is 9.82 Å². The highest BCUT2D eigenvalue weighted by Gasteiger charge is 2.26. The van der Waals surface area contributed by atoms with E-state index in [1.165, 1.54) is 6.21 Å². The van der Waals surface area contributed by atoms with E-state index in [2.05, 4.69) is 28.8 Å². The maximum Gasteiger partial charge on any atom is 0.277 e. The van der Waals surface area contributed by atoms with Crippen LogP contribution in [0.1, 0.15) is 81.5 Å². The summed E-state index contributed by atoms with van der Waals surface area (Å²) >= 11 is 0. The number of hydrogen-bond acceptors (Lipinski definition) is 4. The van der Waals surface area contributed by atoms with Crippen molar-refractivity contribution in [2.75, 3.05) is 0 Å². The molecular weight excluding hydrogens is 394 g/mol. The minimum atomic E-state index is -3.79. The largest absolute Gasteiger partial charge is 0.277 e. The molecule has 1 aromatic carbocycles. The lowest BCUT2D eigenvalue weighted by atomic mass is 9.89. The Hall–Kier alpha value is -1.92. The summed E-state index contributed by atoms with van der Waals surface area (Å²) in [6.07, 6.45) is 4.74. The second-order valence-electron chi connectivity index (χ2n) is 7.63. The van der Waals surface area contributed by atoms with E-state index in [-0.39, 0.29) is 24.2 Å². The van der Waals surface area contributed by atoms with Crippen LogP contribution in [0.25, 0.3) is 0 Å². The van der Waals surface area contributed by atoms with Gasteiger partial charge < -0.3 is 0 Å². The summed E-state index contributed by atoms with van der Waals surface area (Å²) in [7, 11) is -3.79. The zero-order chi connectivity index (χ0) is 20.2. The summed E-state index contributed by atoms with van der Waals surface area (Å²) in [6, 6.07) is 7.55. The van der Waals surface area contributed by atoms with Gasteiger partial charge >= 0.3 is 0 Å². The number of hydrazone groups is 1. The summed E-state index contributed by atoms with van der Waals surface area (Å²) in [5, 5.41) is 3.96. The quantitative estimate of drug-likeness (QED) is 0.492. The molecule has 28 heavy (non-hydrogen) atoms. The highest BCUT2D eigenvalue weighted by Crippen LogP contribution is 2.34. The van der Waals surface area contributed by atoms with Crippen LogP contribution in [0.2, 0.25) is 0 Å². The second-order valence-corrected chi connectivity index (χ2v) is 9.22. The van der Waals surface area contributed by atoms with Crippen molar-refractivity contribution < 1.29 is 8.42 Å². The summed E-state index contributed by atoms with van der Waals surface area (Å²) < 4.78 is 26.2. The van der Waals surface area contributed by atoms with Gasteiger partial charge in [-0.1, -0.05) is 53.7 Å². The molecule has 5 nitrogen and oxygen atoms in total. The Kier molecular flexibility index (Phi) is 8.64. The Morgan fingerprint density at radius 3 is 1.86 bits per heavy atom. The van der Waals surface area contributed by atoms with Crippen LogP contribution >= 0.6 is 12.4 Å². The standard InChI is InChI=1S/C21H29N3O2S.ClH/c1-14(2)18-11-19(15(3)4)21(20(12-18)16(5)6)27(25,26)24-23-13-17-7-9-22-10-8-17;/h7-16,24H,1-6H3;1H/b23-13+;. The first-order valence-electron chi connectivity index (χ1n) is 9.26. The van der Waals surface area contributed by atoms with Gasteiger partial charge in [-0.25, -0.2) is 4.83 Å². The molecule has 1 N–H and O–H groups in total. The lowest BCUT2D eigenvalue weighted by Crippen LogP contribution is -2.23. The number of sulfonamides is 1. The van der Waals surface area contributed by atoms with Crippen molar-refractivity contribution >= 4 is 28.6 Å². The van der Waals surface area contributed by atoms with Crippen molar-refractivity contribution in [3.63, 3.8) is 0 Å². The van der Waals surface area contributed by atoms with Crippen LogP contribution < -0.4 is 4.83 Å². The third-order valence-corrected chi connectivity index (χ3v) is 5.80. The molecule has 7 heteroatoms. The fourth-order valence-electron chi connectivity index (χ4n) is 2.87. The molecule has 0 unspecified atom stereocenters. The molecule has 1 heterocycles. The molecule has 0 saturated heterocycles. The lowest BCUT2D eigenvalue weighted by Gasteiger charge is -2.22. The van der Waals surface area contributed by atoms with Crippen LogP contribution in [0.15, 0.2) is 46.7 Å². The molecule has 0 bridgehead atoms. The van der Waals surface area contributed by atoms with Gasteiger partial charge in [0.25, 0.3) is 10.0 Å². The van der Waals surface area contributed by atoms with Crippen molar-refractivity contribution in [1.29, 1.82) is 0 Å². The minimum Gasteiger partial charge on any atom is -0.265 e. The molecule has 0 aliphatic heterocycles. The number of benzene rings is 1. The zero-order valence-corrected chi connectivity index (χ0v) is 18.9. The number of pyridine rings is 1. The number of nitrogens with one attached hydrogen (secondary N) is 1. The summed E-state index contributed by atoms with van der Waals surface area (Å²) in [5.74, 6) is 0.489. The van der Waals surface area contributed by atoms with Crippen LogP contribution in [0.5, 0.6) is 0 Å². The van der Waals surface area contributed by atoms with E-state index in [4.69, 9.17) is 0 Å². The van der Waals surface area contributed by atoms with Crippen LogP contribution in [0.3, 0.4) is 0 Å². The Morgan fingerprint density at radius 2 is 1.43 bits per heavy atom. The second kappa shape index (κ2) is 10.0. The zero-order valence-electron chi connectivity index (χ0n) is 17.3. The van der Waals surface area contributed by atoms with Gasteiger partial charge in [0, 0.05) is 12.4 Å². The Morgan fingerprint density at radius 1 is 0.929 bits per heavy atom. The molecule has 0 spiro atoms. The highest BCUT2D eigenvalue weighted by molar-refractivity contribution is 7.89. The number of aromatic nitrogens is 1. The topological polar surface area (TPSA) is 71.4 Å². The summed E-state index contributed by atoms with van der Waals surface area (Å²) in [5.41, 5.74) is 3.59. The van der Waals surface area contributed by atoms with Crippen LogP contribution in [-0.4, -0.2) is 19.6 Å². The van der Waals surface area contributed by atoms with Crippen LogP contribution in [0, 0.1) is 0 Å². The smallest absolute Gasteiger partial charge is 0.265 e. The van der Waals surface area contributed by atoms with Crippen molar-refractivity contribution in [3.05, 3.63) is 58.9 Å². The molecule has 0 aliphatic carbocycles. The average molecular weight is 424 g/mol. The van der Waals surface area contributed by atoms with Crippen molar-refractivity contribution in [3.8, 4) is 0 Å². The monoisotopic (exact) mass is 423 g/mol. The Labute approximate surface area is 175 Å². The number of halogens is 1. The number of nitrogens with zero attached hydrogens (tertiary/aromatic N) is 2. The van der Waals surface area contributed by atoms with E-state index in [1.54, 1.807) is 24.5 Å². The minimum absolute atomic E-state index is 0. The van der Waals surface area contributed by atoms with Crippen LogP contribution in [-0.2, 0) is 10.0 Å². The molecule has 2 aromatic rings. The molecule has 0 aliphatic rings. The van der Waals surface area contributed by atoms with Gasteiger partial charge in [0.15, 0.2) is 0 Å². The lowest BCUT2D eigenvalue weighted by molar-refractivity contribution is 0.579. The predicted molar refractivity (Wildman–Crippen MR) is 118 cm³/mol. The first-order chi connectivity index (χ1) is 12.6. The van der Waals surface area contributed by atoms with Gasteiger partial charge in [0.2, 0.25) is 0 Å². The van der Waals surface area contributed by atoms with Gasteiger partial charge in [-0.15, -0.1) is 12.4 Å². The van der Waals surface area contributed by atoms with E-state index < -0.39 is 10.0 Å². The first kappa shape index (κ1) is 24.1. The van der Waals surface area contributed by atoms with E-state index in [1.807, 2.05) is 39.8 Å². The van der Waals surface area contributed by atoms with Gasteiger partial charge in [-0.2, -0.15) is 13.5 Å². The fraction of sp³-hybridized carbons (Fsp3) is 0.429. The maximum absolute atomic E-state index is 13.1. The molecular formula is C21H30ClN3O2S. The number of rotatable bonds is 7. The third-order valence-electron chi connectivity index (χ3n) is 4.44. The molecule has 0 fully saturated rings. The van der Waals surface area contributed by atoms with E-state index >= 15 is 0 Å². The normalized spacial score (nSPS) is 12.0. The average Bonchev–Trinajstić information content (AvgIpc) is 2.61. The Balaban J connectivity index is 0.00000392. The number of hydrogen-bond donors (Lipinski definition) is 1. The van der Waals surface area contributed by atoms with E-state index in [0.717, 1.165) is 22.3 Å². The van der Waals surface area contributed by atoms with E-state index in [0.29, 0.717) is 10.8 Å². The molecule has 2 rings (SSSR count). The molecule has 1 aromatic heterocycles. The Bertz CT molecular complexity index is 879. The van der Waals surface area contributed by atoms with Crippen LogP contribution in [0.4, 0.5) is 0 Å². The molecule has 154 valence electrons. The molecule has 0 radical (unpaired) electrons. The van der Waals surface area contributed by atoms with Gasteiger partial charge in [-0.05, 0) is 52.1 Å². The van der Waals surface area contributed by atoms with Crippen molar-refractivity contribution in [2.45, 2.75) is 64.2 Å². The summed E-state index contributed by atoms with van der Waals surface area (Å²) in [4.78, 5) is 6.67. The highest BCUT2D eigenvalue weighted by atomic mass is 35.5. The summed E-state index contributed by atoms with van der Waals surface area (Å²) in [6.45, 7) is 12.3. The molecule has 0 amide bonds. The molecule has 0 saturated carbocycles. The third kappa shape index (κ3) is 5.79.